The molecule has 20 heavy (non-hydrogen) atoms. The molecule has 0 aromatic heterocycles. The summed E-state index contributed by atoms with van der Waals surface area (Å²) in [6.07, 6.45) is 0. The number of hydrogen-bond donors (Lipinski definition) is 0. The highest BCUT2D eigenvalue weighted by Crippen LogP contribution is 2.24. The molecule has 0 amide bonds. The van der Waals surface area contributed by atoms with Gasteiger partial charge in [0.05, 0.1) is 12.7 Å². The number of methoxy groups -OCH3 is 1. The lowest BCUT2D eigenvalue weighted by molar-refractivity contribution is 0.103. The number of carbonyl (C=O) groups is 1. The molecule has 0 bridgehead atoms. The number of benzene rings is 2. The third-order valence-corrected chi connectivity index (χ3v) is 3.11. The Morgan fingerprint density at radius 2 is 1.65 bits per heavy atom. The lowest BCUT2D eigenvalue weighted by Crippen LogP contribution is -2.08. The first-order valence-corrected chi connectivity index (χ1v) is 6.26. The van der Waals surface area contributed by atoms with Crippen LogP contribution in [0.4, 0.5) is 13.2 Å². The maximum absolute atomic E-state index is 13.7. The normalized spacial score (nSPS) is 10.4. The van der Waals surface area contributed by atoms with Crippen molar-refractivity contribution in [3.8, 4) is 5.75 Å². The molecule has 0 N–H and O–H groups in total. The van der Waals surface area contributed by atoms with Crippen molar-refractivity contribution >= 4 is 21.7 Å². The fourth-order valence-corrected chi connectivity index (χ4v) is 2.11. The highest BCUT2D eigenvalue weighted by Gasteiger charge is 2.21. The van der Waals surface area contributed by atoms with E-state index in [1.165, 1.54) is 19.2 Å². The number of hydrogen-bond acceptors (Lipinski definition) is 2. The summed E-state index contributed by atoms with van der Waals surface area (Å²) in [5.41, 5.74) is -0.888. The van der Waals surface area contributed by atoms with Crippen molar-refractivity contribution in [2.24, 2.45) is 0 Å². The van der Waals surface area contributed by atoms with Crippen LogP contribution in [0.2, 0.25) is 0 Å². The van der Waals surface area contributed by atoms with Gasteiger partial charge in [0, 0.05) is 10.0 Å². The van der Waals surface area contributed by atoms with Gasteiger partial charge in [-0.3, -0.25) is 4.79 Å². The van der Waals surface area contributed by atoms with Gasteiger partial charge in [0.25, 0.3) is 0 Å². The fourth-order valence-electron chi connectivity index (χ4n) is 1.71. The first-order chi connectivity index (χ1) is 9.43. The summed E-state index contributed by atoms with van der Waals surface area (Å²) in [6, 6.07) is 5.27. The summed E-state index contributed by atoms with van der Waals surface area (Å²) in [5.74, 6) is -3.81. The highest BCUT2D eigenvalue weighted by molar-refractivity contribution is 9.10. The lowest BCUT2D eigenvalue weighted by atomic mass is 10.0. The van der Waals surface area contributed by atoms with Crippen LogP contribution < -0.4 is 4.74 Å². The molecule has 0 heterocycles. The minimum absolute atomic E-state index is 0.0571. The van der Waals surface area contributed by atoms with E-state index in [9.17, 15) is 18.0 Å². The van der Waals surface area contributed by atoms with Crippen LogP contribution in [0.1, 0.15) is 15.9 Å². The van der Waals surface area contributed by atoms with Gasteiger partial charge in [0.1, 0.15) is 11.6 Å². The quantitative estimate of drug-likeness (QED) is 0.783. The van der Waals surface area contributed by atoms with Gasteiger partial charge in [-0.1, -0.05) is 15.9 Å². The number of ketones is 1. The highest BCUT2D eigenvalue weighted by atomic mass is 79.9. The van der Waals surface area contributed by atoms with Crippen LogP contribution >= 0.6 is 15.9 Å². The topological polar surface area (TPSA) is 26.3 Å². The minimum atomic E-state index is -1.02. The zero-order valence-corrected chi connectivity index (χ0v) is 11.8. The Balaban J connectivity index is 2.49. The molecule has 0 atom stereocenters. The van der Waals surface area contributed by atoms with Gasteiger partial charge in [-0.05, 0) is 30.3 Å². The van der Waals surface area contributed by atoms with Crippen molar-refractivity contribution in [2.75, 3.05) is 7.11 Å². The molecule has 0 aliphatic heterocycles. The third kappa shape index (κ3) is 2.70. The summed E-state index contributed by atoms with van der Waals surface area (Å²) in [7, 11) is 1.27. The molecule has 104 valence electrons. The maximum atomic E-state index is 13.7. The monoisotopic (exact) mass is 344 g/mol. The van der Waals surface area contributed by atoms with Crippen molar-refractivity contribution in [1.29, 1.82) is 0 Å². The van der Waals surface area contributed by atoms with Crippen molar-refractivity contribution in [1.82, 2.24) is 0 Å². The molecule has 0 aliphatic carbocycles. The van der Waals surface area contributed by atoms with Gasteiger partial charge in [-0.25, -0.2) is 13.2 Å². The van der Waals surface area contributed by atoms with Gasteiger partial charge < -0.3 is 4.74 Å². The molecular formula is C14H8BrF3O2. The van der Waals surface area contributed by atoms with E-state index in [1.807, 2.05) is 0 Å². The third-order valence-electron chi connectivity index (χ3n) is 2.65. The van der Waals surface area contributed by atoms with E-state index in [4.69, 9.17) is 4.74 Å². The molecule has 2 aromatic rings. The van der Waals surface area contributed by atoms with E-state index in [-0.39, 0.29) is 15.8 Å². The summed E-state index contributed by atoms with van der Waals surface area (Å²) in [4.78, 5) is 12.0. The van der Waals surface area contributed by atoms with E-state index in [2.05, 4.69) is 15.9 Å². The molecule has 0 saturated heterocycles. The van der Waals surface area contributed by atoms with E-state index in [1.54, 1.807) is 0 Å². The summed E-state index contributed by atoms with van der Waals surface area (Å²) < 4.78 is 45.8. The molecule has 2 nitrogen and oxygen atoms in total. The second kappa shape index (κ2) is 5.66. The van der Waals surface area contributed by atoms with Gasteiger partial charge in [-0.15, -0.1) is 0 Å². The molecule has 0 fully saturated rings. The second-order valence-corrected chi connectivity index (χ2v) is 4.84. The van der Waals surface area contributed by atoms with Crippen LogP contribution in [0.5, 0.6) is 5.75 Å². The molecule has 2 rings (SSSR count). The number of rotatable bonds is 3. The first kappa shape index (κ1) is 14.6. The smallest absolute Gasteiger partial charge is 0.199 e. The number of ether oxygens (including phenoxy) is 1. The molecule has 0 spiro atoms. The predicted molar refractivity (Wildman–Crippen MR) is 70.4 cm³/mol. The van der Waals surface area contributed by atoms with Crippen molar-refractivity contribution < 1.29 is 22.7 Å². The van der Waals surface area contributed by atoms with E-state index in [0.29, 0.717) is 0 Å². The van der Waals surface area contributed by atoms with Crippen molar-refractivity contribution in [2.45, 2.75) is 0 Å². The summed E-state index contributed by atoms with van der Waals surface area (Å²) in [6.45, 7) is 0. The van der Waals surface area contributed by atoms with Gasteiger partial charge in [0.15, 0.2) is 17.3 Å². The Bertz CT molecular complexity index is 663. The van der Waals surface area contributed by atoms with Crippen LogP contribution in [-0.4, -0.2) is 12.9 Å². The Kier molecular flexibility index (Phi) is 4.13. The Morgan fingerprint density at radius 3 is 2.15 bits per heavy atom. The van der Waals surface area contributed by atoms with E-state index in [0.717, 1.165) is 18.2 Å². The van der Waals surface area contributed by atoms with Gasteiger partial charge in [0.2, 0.25) is 0 Å². The van der Waals surface area contributed by atoms with Crippen LogP contribution in [0.15, 0.2) is 34.8 Å². The standard InChI is InChI=1S/C14H8BrF3O2/c1-20-12-3-2-7(4-9(12)16)14(19)13-10(17)5-8(15)6-11(13)18/h2-6H,1H3. The Morgan fingerprint density at radius 1 is 1.05 bits per heavy atom. The predicted octanol–water partition coefficient (Wildman–Crippen LogP) is 4.11. The Hall–Kier alpha value is -1.82. The van der Waals surface area contributed by atoms with Gasteiger partial charge in [-0.2, -0.15) is 0 Å². The van der Waals surface area contributed by atoms with Crippen LogP contribution in [0, 0.1) is 17.5 Å². The largest absolute Gasteiger partial charge is 0.494 e. The molecular weight excluding hydrogens is 337 g/mol. The fraction of sp³-hybridized carbons (Fsp3) is 0.0714. The van der Waals surface area contributed by atoms with Crippen molar-refractivity contribution in [3.63, 3.8) is 0 Å². The average Bonchev–Trinajstić information content (AvgIpc) is 2.37. The number of halogens is 4. The molecule has 0 radical (unpaired) electrons. The van der Waals surface area contributed by atoms with Gasteiger partial charge >= 0.3 is 0 Å². The molecule has 0 saturated carbocycles. The van der Waals surface area contributed by atoms with E-state index >= 15 is 0 Å². The number of carbonyl (C=O) groups excluding carboxylic acids is 1. The second-order valence-electron chi connectivity index (χ2n) is 3.92. The summed E-state index contributed by atoms with van der Waals surface area (Å²) in [5, 5.41) is 0. The first-order valence-electron chi connectivity index (χ1n) is 5.47. The van der Waals surface area contributed by atoms with E-state index < -0.39 is 28.8 Å². The molecule has 6 heteroatoms. The SMILES string of the molecule is COc1ccc(C(=O)c2c(F)cc(Br)cc2F)cc1F. The van der Waals surface area contributed by atoms with Crippen LogP contribution in [0.3, 0.4) is 0 Å². The minimum Gasteiger partial charge on any atom is -0.494 e. The zero-order chi connectivity index (χ0) is 14.9. The molecule has 0 unspecified atom stereocenters. The van der Waals surface area contributed by atoms with Crippen LogP contribution in [-0.2, 0) is 0 Å². The van der Waals surface area contributed by atoms with Crippen LogP contribution in [0.25, 0.3) is 0 Å². The average molecular weight is 345 g/mol. The lowest BCUT2D eigenvalue weighted by Gasteiger charge is -2.07. The Labute approximate surface area is 121 Å². The summed E-state index contributed by atoms with van der Waals surface area (Å²) >= 11 is 2.92. The molecule has 0 aliphatic rings. The molecule has 2 aromatic carbocycles. The van der Waals surface area contributed by atoms with Crippen molar-refractivity contribution in [3.05, 3.63) is 63.4 Å². The maximum Gasteiger partial charge on any atom is 0.199 e. The zero-order valence-electron chi connectivity index (χ0n) is 10.2.